The summed E-state index contributed by atoms with van der Waals surface area (Å²) in [7, 11) is 1.91. The van der Waals surface area contributed by atoms with E-state index in [0.29, 0.717) is 12.5 Å². The summed E-state index contributed by atoms with van der Waals surface area (Å²) in [5.41, 5.74) is 2.44. The quantitative estimate of drug-likeness (QED) is 0.903. The van der Waals surface area contributed by atoms with Crippen molar-refractivity contribution in [3.8, 4) is 0 Å². The van der Waals surface area contributed by atoms with Gasteiger partial charge in [-0.2, -0.15) is 0 Å². The molecule has 0 saturated carbocycles. The highest BCUT2D eigenvalue weighted by Crippen LogP contribution is 2.18. The zero-order valence-corrected chi connectivity index (χ0v) is 12.1. The second-order valence-electron chi connectivity index (χ2n) is 5.88. The van der Waals surface area contributed by atoms with Crippen LogP contribution in [0.25, 0.3) is 0 Å². The fourth-order valence-corrected chi connectivity index (χ4v) is 2.82. The van der Waals surface area contributed by atoms with E-state index in [0.717, 1.165) is 19.5 Å². The third-order valence-corrected chi connectivity index (χ3v) is 3.80. The molecule has 1 aliphatic rings. The molecule has 1 fully saturated rings. The van der Waals surface area contributed by atoms with Gasteiger partial charge < -0.3 is 10.2 Å². The number of carbonyl (C=O) groups excluding carboxylic acids is 1. The van der Waals surface area contributed by atoms with Crippen LogP contribution in [0.2, 0.25) is 0 Å². The van der Waals surface area contributed by atoms with Gasteiger partial charge in [-0.15, -0.1) is 0 Å². The number of hydrogen-bond donors (Lipinski definition) is 1. The van der Waals surface area contributed by atoms with E-state index in [-0.39, 0.29) is 11.8 Å². The number of benzene rings is 1. The molecule has 2 rings (SSSR count). The maximum absolute atomic E-state index is 12.4. The average Bonchev–Trinajstić information content (AvgIpc) is 2.38. The lowest BCUT2D eigenvalue weighted by molar-refractivity contribution is -0.135. The van der Waals surface area contributed by atoms with Gasteiger partial charge in [0.15, 0.2) is 0 Å². The molecule has 0 bridgehead atoms. The maximum atomic E-state index is 12.4. The van der Waals surface area contributed by atoms with Crippen LogP contribution >= 0.6 is 0 Å². The first-order valence-electron chi connectivity index (χ1n) is 7.07. The second-order valence-corrected chi connectivity index (χ2v) is 5.88. The van der Waals surface area contributed by atoms with Gasteiger partial charge in [0.1, 0.15) is 0 Å². The van der Waals surface area contributed by atoms with E-state index in [1.807, 2.05) is 18.0 Å². The molecule has 1 heterocycles. The summed E-state index contributed by atoms with van der Waals surface area (Å²) in [6.07, 6.45) is 1.00. The van der Waals surface area contributed by atoms with E-state index in [1.165, 1.54) is 11.1 Å². The van der Waals surface area contributed by atoms with Crippen molar-refractivity contribution in [3.63, 3.8) is 0 Å². The predicted octanol–water partition coefficient (Wildman–Crippen LogP) is 2.20. The molecule has 3 heteroatoms. The second kappa shape index (κ2) is 6.20. The molecule has 1 saturated heterocycles. The normalized spacial score (nSPS) is 23.1. The fourth-order valence-electron chi connectivity index (χ4n) is 2.82. The summed E-state index contributed by atoms with van der Waals surface area (Å²) in [6, 6.07) is 8.36. The van der Waals surface area contributed by atoms with Crippen LogP contribution in [0.4, 0.5) is 0 Å². The first kappa shape index (κ1) is 14.1. The Labute approximate surface area is 116 Å². The lowest BCUT2D eigenvalue weighted by Gasteiger charge is -2.30. The summed E-state index contributed by atoms with van der Waals surface area (Å²) < 4.78 is 0. The van der Waals surface area contributed by atoms with E-state index in [4.69, 9.17) is 0 Å². The van der Waals surface area contributed by atoms with E-state index < -0.39 is 0 Å². The fraction of sp³-hybridized carbons (Fsp3) is 0.562. The van der Waals surface area contributed by atoms with Gasteiger partial charge in [0.2, 0.25) is 5.91 Å². The van der Waals surface area contributed by atoms with Crippen LogP contribution in [-0.2, 0) is 11.3 Å². The highest BCUT2D eigenvalue weighted by molar-refractivity contribution is 5.79. The molecule has 2 unspecified atom stereocenters. The Morgan fingerprint density at radius 2 is 2.21 bits per heavy atom. The van der Waals surface area contributed by atoms with Gasteiger partial charge in [0.05, 0.1) is 5.92 Å². The third kappa shape index (κ3) is 3.80. The van der Waals surface area contributed by atoms with Gasteiger partial charge >= 0.3 is 0 Å². The highest BCUT2D eigenvalue weighted by atomic mass is 16.2. The van der Waals surface area contributed by atoms with Crippen molar-refractivity contribution in [2.24, 2.45) is 11.8 Å². The molecule has 0 spiro atoms. The number of rotatable bonds is 3. The summed E-state index contributed by atoms with van der Waals surface area (Å²) in [5, 5.41) is 3.35. The molecule has 1 amide bonds. The molecule has 2 atom stereocenters. The van der Waals surface area contributed by atoms with Crippen molar-refractivity contribution in [1.29, 1.82) is 0 Å². The van der Waals surface area contributed by atoms with Crippen LogP contribution in [0.1, 0.15) is 24.5 Å². The number of nitrogens with one attached hydrogen (secondary N) is 1. The largest absolute Gasteiger partial charge is 0.341 e. The topological polar surface area (TPSA) is 32.3 Å². The van der Waals surface area contributed by atoms with Crippen LogP contribution in [0.3, 0.4) is 0 Å². The highest BCUT2D eigenvalue weighted by Gasteiger charge is 2.27. The number of carbonyl (C=O) groups is 1. The summed E-state index contributed by atoms with van der Waals surface area (Å²) in [5.74, 6) is 0.995. The van der Waals surface area contributed by atoms with Crippen molar-refractivity contribution in [2.75, 3.05) is 20.1 Å². The summed E-state index contributed by atoms with van der Waals surface area (Å²) >= 11 is 0. The van der Waals surface area contributed by atoms with Gasteiger partial charge in [-0.25, -0.2) is 0 Å². The first-order chi connectivity index (χ1) is 9.06. The van der Waals surface area contributed by atoms with Crippen LogP contribution in [-0.4, -0.2) is 30.9 Å². The molecule has 0 aliphatic carbocycles. The summed E-state index contributed by atoms with van der Waals surface area (Å²) in [4.78, 5) is 14.3. The van der Waals surface area contributed by atoms with Gasteiger partial charge in [-0.3, -0.25) is 4.79 Å². The lowest BCUT2D eigenvalue weighted by Crippen LogP contribution is -2.43. The van der Waals surface area contributed by atoms with Crippen molar-refractivity contribution in [1.82, 2.24) is 10.2 Å². The van der Waals surface area contributed by atoms with E-state index in [9.17, 15) is 4.79 Å². The van der Waals surface area contributed by atoms with Gasteiger partial charge in [0.25, 0.3) is 0 Å². The summed E-state index contributed by atoms with van der Waals surface area (Å²) in [6.45, 7) is 6.84. The SMILES string of the molecule is Cc1cccc(CN(C)C(=O)C2CNCC(C)C2)c1. The standard InChI is InChI=1S/C16H24N2O/c1-12-5-4-6-14(7-12)11-18(3)16(19)15-8-13(2)9-17-10-15/h4-7,13,15,17H,8-11H2,1-3H3. The zero-order chi connectivity index (χ0) is 13.8. The Hall–Kier alpha value is -1.35. The first-order valence-corrected chi connectivity index (χ1v) is 7.07. The molecular weight excluding hydrogens is 236 g/mol. The van der Waals surface area contributed by atoms with Crippen LogP contribution in [0.15, 0.2) is 24.3 Å². The molecule has 0 aromatic heterocycles. The van der Waals surface area contributed by atoms with Crippen molar-refractivity contribution in [2.45, 2.75) is 26.8 Å². The van der Waals surface area contributed by atoms with Gasteiger partial charge in [-0.1, -0.05) is 36.8 Å². The molecule has 19 heavy (non-hydrogen) atoms. The van der Waals surface area contributed by atoms with Crippen LogP contribution in [0.5, 0.6) is 0 Å². The van der Waals surface area contributed by atoms with E-state index in [1.54, 1.807) is 0 Å². The van der Waals surface area contributed by atoms with Crippen LogP contribution < -0.4 is 5.32 Å². The number of hydrogen-bond acceptors (Lipinski definition) is 2. The molecule has 1 aromatic rings. The van der Waals surface area contributed by atoms with Crippen molar-refractivity contribution >= 4 is 5.91 Å². The predicted molar refractivity (Wildman–Crippen MR) is 77.8 cm³/mol. The minimum Gasteiger partial charge on any atom is -0.341 e. The zero-order valence-electron chi connectivity index (χ0n) is 12.1. The smallest absolute Gasteiger partial charge is 0.227 e. The lowest BCUT2D eigenvalue weighted by atomic mass is 9.91. The van der Waals surface area contributed by atoms with Gasteiger partial charge in [0, 0.05) is 20.1 Å². The van der Waals surface area contributed by atoms with Gasteiger partial charge in [-0.05, 0) is 31.4 Å². The Kier molecular flexibility index (Phi) is 4.59. The number of piperidine rings is 1. The number of amides is 1. The monoisotopic (exact) mass is 260 g/mol. The van der Waals surface area contributed by atoms with Crippen LogP contribution in [0, 0.1) is 18.8 Å². The van der Waals surface area contributed by atoms with E-state index in [2.05, 4.69) is 37.4 Å². The molecule has 0 radical (unpaired) electrons. The minimum atomic E-state index is 0.138. The third-order valence-electron chi connectivity index (χ3n) is 3.80. The number of aryl methyl sites for hydroxylation is 1. The van der Waals surface area contributed by atoms with E-state index >= 15 is 0 Å². The molecule has 1 aromatic carbocycles. The Balaban J connectivity index is 1.95. The Bertz CT molecular complexity index is 444. The minimum absolute atomic E-state index is 0.138. The molecule has 104 valence electrons. The molecule has 1 aliphatic heterocycles. The molecular formula is C16H24N2O. The molecule has 3 nitrogen and oxygen atoms in total. The van der Waals surface area contributed by atoms with Crippen molar-refractivity contribution in [3.05, 3.63) is 35.4 Å². The Morgan fingerprint density at radius 3 is 2.89 bits per heavy atom. The maximum Gasteiger partial charge on any atom is 0.227 e. The van der Waals surface area contributed by atoms with Crippen molar-refractivity contribution < 1.29 is 4.79 Å². The Morgan fingerprint density at radius 1 is 1.42 bits per heavy atom. The molecule has 1 N–H and O–H groups in total. The number of nitrogens with zero attached hydrogens (tertiary/aromatic N) is 1. The average molecular weight is 260 g/mol.